The molecule has 47 heavy (non-hydrogen) atoms. The van der Waals surface area contributed by atoms with Gasteiger partial charge in [-0.2, -0.15) is 5.10 Å². The fourth-order valence-corrected chi connectivity index (χ4v) is 7.15. The van der Waals surface area contributed by atoms with E-state index in [1.165, 1.54) is 12.1 Å². The quantitative estimate of drug-likeness (QED) is 0.175. The molecule has 0 spiro atoms. The van der Waals surface area contributed by atoms with Crippen LogP contribution in [0, 0.1) is 29.4 Å². The number of pyridine rings is 1. The number of anilines is 1. The summed E-state index contributed by atoms with van der Waals surface area (Å²) in [5, 5.41) is 10.1. The van der Waals surface area contributed by atoms with Crippen LogP contribution in [0.1, 0.15) is 90.7 Å². The molecule has 2 fully saturated rings. The predicted molar refractivity (Wildman–Crippen MR) is 173 cm³/mol. The van der Waals surface area contributed by atoms with Crippen molar-refractivity contribution in [3.63, 3.8) is 0 Å². The highest BCUT2D eigenvalue weighted by Crippen LogP contribution is 2.51. The van der Waals surface area contributed by atoms with Crippen LogP contribution >= 0.6 is 0 Å². The molecule has 2 amide bonds. The van der Waals surface area contributed by atoms with Crippen LogP contribution in [-0.4, -0.2) is 32.6 Å². The average Bonchev–Trinajstić information content (AvgIpc) is 3.99. The second kappa shape index (κ2) is 12.9. The Hall–Kier alpha value is -4.60. The number of carbonyl (C=O) groups excluding carboxylic acids is 2. The fourth-order valence-electron chi connectivity index (χ4n) is 7.15. The topological polar surface area (TPSA) is 98.1 Å². The van der Waals surface area contributed by atoms with Gasteiger partial charge in [0.1, 0.15) is 30.0 Å². The average molecular weight is 640 g/mol. The molecule has 4 aromatic rings. The fraction of sp³-hybridized carbons (Fsp3) is 0.405. The Morgan fingerprint density at radius 3 is 2.43 bits per heavy atom. The van der Waals surface area contributed by atoms with Crippen LogP contribution in [-0.2, 0) is 17.8 Å². The van der Waals surface area contributed by atoms with Crippen LogP contribution in [0.2, 0.25) is 0 Å². The summed E-state index contributed by atoms with van der Waals surface area (Å²) < 4.78 is 38.0. The molecule has 2 heterocycles. The van der Waals surface area contributed by atoms with Crippen LogP contribution < -0.4 is 15.4 Å². The maximum atomic E-state index is 15.8. The molecule has 0 saturated heterocycles. The van der Waals surface area contributed by atoms with Gasteiger partial charge < -0.3 is 15.4 Å². The number of benzene rings is 2. The smallest absolute Gasteiger partial charge is 0.270 e. The molecule has 3 aliphatic carbocycles. The largest absolute Gasteiger partial charge is 0.473 e. The van der Waals surface area contributed by atoms with E-state index in [1.54, 1.807) is 23.0 Å². The van der Waals surface area contributed by atoms with Crippen molar-refractivity contribution < 1.29 is 23.1 Å². The monoisotopic (exact) mass is 639 g/mol. The van der Waals surface area contributed by atoms with Crippen molar-refractivity contribution in [3.05, 3.63) is 107 Å². The van der Waals surface area contributed by atoms with Crippen molar-refractivity contribution in [2.75, 3.05) is 5.32 Å². The van der Waals surface area contributed by atoms with E-state index in [4.69, 9.17) is 4.74 Å². The normalized spacial score (nSPS) is 17.9. The summed E-state index contributed by atoms with van der Waals surface area (Å²) in [7, 11) is 0. The summed E-state index contributed by atoms with van der Waals surface area (Å²) in [6.45, 7) is 4.15. The molecule has 2 N–H and O–H groups in total. The number of rotatable bonds is 12. The lowest BCUT2D eigenvalue weighted by Crippen LogP contribution is -2.50. The molecule has 10 heteroatoms. The van der Waals surface area contributed by atoms with Gasteiger partial charge in [0.2, 0.25) is 11.8 Å². The third-order valence-electron chi connectivity index (χ3n) is 9.68. The molecule has 0 aliphatic heterocycles. The highest BCUT2D eigenvalue weighted by Gasteiger charge is 2.48. The second-order valence-corrected chi connectivity index (χ2v) is 13.4. The molecule has 2 saturated carbocycles. The van der Waals surface area contributed by atoms with E-state index in [-0.39, 0.29) is 36.1 Å². The first kappa shape index (κ1) is 31.0. The number of aryl methyl sites for hydroxylation is 1. The van der Waals surface area contributed by atoms with Gasteiger partial charge >= 0.3 is 0 Å². The Morgan fingerprint density at radius 1 is 0.979 bits per heavy atom. The molecule has 0 radical (unpaired) electrons. The summed E-state index contributed by atoms with van der Waals surface area (Å²) in [4.78, 5) is 31.7. The van der Waals surface area contributed by atoms with E-state index < -0.39 is 23.6 Å². The number of fused-ring (bicyclic) bond motifs is 1. The van der Waals surface area contributed by atoms with Gasteiger partial charge in [0.05, 0.1) is 11.9 Å². The second-order valence-electron chi connectivity index (χ2n) is 13.4. The molecule has 3 aliphatic rings. The van der Waals surface area contributed by atoms with Crippen molar-refractivity contribution in [3.8, 4) is 5.88 Å². The van der Waals surface area contributed by atoms with E-state index in [2.05, 4.69) is 20.7 Å². The number of nitrogens with one attached hydrogen (secondary N) is 2. The number of nitrogens with zero attached hydrogens (tertiary/aromatic N) is 3. The van der Waals surface area contributed by atoms with Gasteiger partial charge in [-0.25, -0.2) is 13.8 Å². The van der Waals surface area contributed by atoms with Crippen LogP contribution in [0.3, 0.4) is 0 Å². The third-order valence-corrected chi connectivity index (χ3v) is 9.68. The van der Waals surface area contributed by atoms with Gasteiger partial charge in [0.15, 0.2) is 0 Å². The van der Waals surface area contributed by atoms with E-state index in [0.717, 1.165) is 48.6 Å². The van der Waals surface area contributed by atoms with Crippen LogP contribution in [0.25, 0.3) is 0 Å². The molecular formula is C37H39F2N5O3. The number of carbonyl (C=O) groups is 2. The van der Waals surface area contributed by atoms with Gasteiger partial charge in [-0.3, -0.25) is 14.3 Å². The Labute approximate surface area is 272 Å². The summed E-state index contributed by atoms with van der Waals surface area (Å²) >= 11 is 0. The number of amides is 2. The van der Waals surface area contributed by atoms with Crippen LogP contribution in [0.15, 0.2) is 67.0 Å². The predicted octanol–water partition coefficient (Wildman–Crippen LogP) is 6.97. The lowest BCUT2D eigenvalue weighted by molar-refractivity contribution is -0.119. The molecule has 2 aromatic carbocycles. The summed E-state index contributed by atoms with van der Waals surface area (Å²) in [6, 6.07) is 15.0. The molecule has 2 atom stereocenters. The van der Waals surface area contributed by atoms with E-state index >= 15 is 4.39 Å². The Morgan fingerprint density at radius 2 is 1.72 bits per heavy atom. The lowest BCUT2D eigenvalue weighted by Gasteiger charge is -2.28. The minimum absolute atomic E-state index is 0.00831. The number of hydrogen-bond donors (Lipinski definition) is 2. The number of halogens is 2. The zero-order chi connectivity index (χ0) is 32.7. The van der Waals surface area contributed by atoms with E-state index in [9.17, 15) is 14.0 Å². The van der Waals surface area contributed by atoms with Gasteiger partial charge in [-0.1, -0.05) is 30.3 Å². The maximum Gasteiger partial charge on any atom is 0.270 e. The molecule has 7 rings (SSSR count). The van der Waals surface area contributed by atoms with Gasteiger partial charge in [-0.05, 0) is 111 Å². The summed E-state index contributed by atoms with van der Waals surface area (Å²) in [5.41, 5.74) is 3.57. The Balaban J connectivity index is 1.13. The maximum absolute atomic E-state index is 15.8. The third kappa shape index (κ3) is 6.64. The van der Waals surface area contributed by atoms with E-state index in [1.807, 2.05) is 44.2 Å². The molecule has 1 unspecified atom stereocenters. The molecule has 8 nitrogen and oxygen atoms in total. The van der Waals surface area contributed by atoms with Crippen molar-refractivity contribution in [1.29, 1.82) is 0 Å². The van der Waals surface area contributed by atoms with Gasteiger partial charge in [-0.15, -0.1) is 0 Å². The zero-order valence-corrected chi connectivity index (χ0v) is 26.6. The minimum Gasteiger partial charge on any atom is -0.473 e. The van der Waals surface area contributed by atoms with E-state index in [0.29, 0.717) is 41.8 Å². The number of hydrogen-bond acceptors (Lipinski definition) is 5. The Bertz CT molecular complexity index is 1770. The minimum atomic E-state index is -0.805. The summed E-state index contributed by atoms with van der Waals surface area (Å²) in [5.74, 6) is -1.15. The number of ether oxygens (including phenoxy) is 1. The standard InChI is InChI=1S/C37H39F2N5O3/c1-21(2)44-32(14-15-41-44)35(45)43-34(33(23-8-9-23)24-10-11-24)36(46)42-31-16-25-12-13-27(28(25)18-30(31)39)29-17-26(38)19-40-37(29)47-20-22-6-4-3-5-7-22/h3-7,14-19,21,23-24,27,33-34H,8-13,20H2,1-2H3,(H,42,46)(H,43,45)/t27?,34-/m0/s1. The summed E-state index contributed by atoms with van der Waals surface area (Å²) in [6.07, 6.45) is 8.01. The highest BCUT2D eigenvalue weighted by molar-refractivity contribution is 6.01. The highest BCUT2D eigenvalue weighted by atomic mass is 19.1. The van der Waals surface area contributed by atoms with Crippen molar-refractivity contribution >= 4 is 17.5 Å². The van der Waals surface area contributed by atoms with Crippen molar-refractivity contribution in [2.45, 2.75) is 77.0 Å². The molecule has 0 bridgehead atoms. The number of aromatic nitrogens is 3. The van der Waals surface area contributed by atoms with Crippen molar-refractivity contribution in [2.24, 2.45) is 17.8 Å². The van der Waals surface area contributed by atoms with Gasteiger partial charge in [0, 0.05) is 23.7 Å². The zero-order valence-electron chi connectivity index (χ0n) is 26.6. The Kier molecular flexibility index (Phi) is 8.51. The first-order valence-electron chi connectivity index (χ1n) is 16.6. The molecule has 244 valence electrons. The van der Waals surface area contributed by atoms with Crippen LogP contribution in [0.4, 0.5) is 14.5 Å². The molecule has 2 aromatic heterocycles. The SMILES string of the molecule is CC(C)n1nccc1C(=O)N[C@H](C(=O)Nc1cc2c(cc1F)C(c1cc(F)cnc1OCc1ccccc1)CC2)C(C1CC1)C1CC1. The first-order valence-corrected chi connectivity index (χ1v) is 16.6. The first-order chi connectivity index (χ1) is 22.8. The lowest BCUT2D eigenvalue weighted by atomic mass is 9.88. The molecular weight excluding hydrogens is 600 g/mol. The van der Waals surface area contributed by atoms with Gasteiger partial charge in [0.25, 0.3) is 5.91 Å². The van der Waals surface area contributed by atoms with Crippen LogP contribution in [0.5, 0.6) is 5.88 Å². The van der Waals surface area contributed by atoms with Crippen molar-refractivity contribution in [1.82, 2.24) is 20.1 Å².